The molecule has 2 fully saturated rings. The van der Waals surface area contributed by atoms with Gasteiger partial charge in [-0.15, -0.1) is 0 Å². The Bertz CT molecular complexity index is 1130. The van der Waals surface area contributed by atoms with Gasteiger partial charge < -0.3 is 46.8 Å². The maximum absolute atomic E-state index is 13.3. The molecule has 2 heterocycles. The summed E-state index contributed by atoms with van der Waals surface area (Å²) < 4.78 is 0. The third-order valence-corrected chi connectivity index (χ3v) is 6.99. The number of aliphatic hydroxyl groups is 1. The Kier molecular flexibility index (Phi) is 12.4. The molecule has 17 heteroatoms. The van der Waals surface area contributed by atoms with Gasteiger partial charge in [-0.05, 0) is 39.0 Å². The molecule has 240 valence electrons. The van der Waals surface area contributed by atoms with Crippen LogP contribution in [-0.2, 0) is 38.4 Å². The summed E-state index contributed by atoms with van der Waals surface area (Å²) in [4.78, 5) is 103. The van der Waals surface area contributed by atoms with E-state index in [0.717, 1.165) is 0 Å². The minimum atomic E-state index is -1.76. The fourth-order valence-corrected chi connectivity index (χ4v) is 4.86. The molecule has 2 aliphatic rings. The van der Waals surface area contributed by atoms with Crippen LogP contribution in [0.4, 0.5) is 0 Å². The van der Waals surface area contributed by atoms with Crippen LogP contribution >= 0.6 is 0 Å². The minimum absolute atomic E-state index is 0.0196. The molecule has 2 rings (SSSR count). The Morgan fingerprint density at radius 2 is 1.26 bits per heavy atom. The number of rotatable bonds is 7. The van der Waals surface area contributed by atoms with Crippen molar-refractivity contribution < 1.29 is 53.7 Å². The Morgan fingerprint density at radius 1 is 0.767 bits per heavy atom. The molecule has 2 aliphatic heterocycles. The third-order valence-electron chi connectivity index (χ3n) is 6.99. The Morgan fingerprint density at radius 3 is 1.77 bits per heavy atom. The van der Waals surface area contributed by atoms with Gasteiger partial charge in [-0.2, -0.15) is 0 Å². The van der Waals surface area contributed by atoms with Crippen LogP contribution in [0.2, 0.25) is 0 Å². The zero-order chi connectivity index (χ0) is 32.6. The van der Waals surface area contributed by atoms with E-state index in [4.69, 9.17) is 0 Å². The van der Waals surface area contributed by atoms with Crippen molar-refractivity contribution in [3.8, 4) is 0 Å². The molecule has 43 heavy (non-hydrogen) atoms. The Labute approximate surface area is 247 Å². The van der Waals surface area contributed by atoms with Crippen molar-refractivity contribution in [2.24, 2.45) is 5.92 Å². The van der Waals surface area contributed by atoms with Crippen LogP contribution in [0.25, 0.3) is 0 Å². The number of carbonyl (C=O) groups excluding carboxylic acids is 6. The molecule has 0 unspecified atom stereocenters. The molecule has 17 nitrogen and oxygen atoms in total. The average molecular weight is 613 g/mol. The van der Waals surface area contributed by atoms with Crippen LogP contribution < -0.4 is 26.6 Å². The molecule has 0 aromatic carbocycles. The average Bonchev–Trinajstić information content (AvgIpc) is 3.38. The van der Waals surface area contributed by atoms with E-state index >= 15 is 0 Å². The van der Waals surface area contributed by atoms with Gasteiger partial charge in [-0.3, -0.25) is 38.4 Å². The van der Waals surface area contributed by atoms with Gasteiger partial charge in [0.1, 0.15) is 36.3 Å². The van der Waals surface area contributed by atoms with Gasteiger partial charge >= 0.3 is 11.9 Å². The number of nitrogens with one attached hydrogen (secondary N) is 5. The first kappa shape index (κ1) is 34.9. The molecule has 7 atom stereocenters. The molecular weight excluding hydrogens is 572 g/mol. The number of carboxylic acid groups (broad SMARTS) is 2. The summed E-state index contributed by atoms with van der Waals surface area (Å²) in [5, 5.41) is 40.5. The van der Waals surface area contributed by atoms with Gasteiger partial charge in [0.05, 0.1) is 18.9 Å². The summed E-state index contributed by atoms with van der Waals surface area (Å²) in [5.41, 5.74) is 0. The lowest BCUT2D eigenvalue weighted by Gasteiger charge is -2.31. The number of carboxylic acids is 2. The molecule has 2 saturated heterocycles. The van der Waals surface area contributed by atoms with E-state index in [1.807, 2.05) is 0 Å². The van der Waals surface area contributed by atoms with E-state index in [1.54, 1.807) is 13.8 Å². The van der Waals surface area contributed by atoms with E-state index in [0.29, 0.717) is 6.42 Å². The van der Waals surface area contributed by atoms with E-state index in [1.165, 1.54) is 18.7 Å². The summed E-state index contributed by atoms with van der Waals surface area (Å²) in [6, 6.07) is -8.79. The maximum Gasteiger partial charge on any atom is 0.305 e. The van der Waals surface area contributed by atoms with E-state index < -0.39 is 103 Å². The largest absolute Gasteiger partial charge is 0.481 e. The van der Waals surface area contributed by atoms with Gasteiger partial charge in [0.15, 0.2) is 0 Å². The van der Waals surface area contributed by atoms with Crippen molar-refractivity contribution in [2.75, 3.05) is 6.54 Å². The number of carbonyl (C=O) groups is 8. The summed E-state index contributed by atoms with van der Waals surface area (Å²) in [5.74, 6) is -8.78. The first-order valence-corrected chi connectivity index (χ1v) is 14.0. The fraction of sp³-hybridized carbons (Fsp3) is 0.692. The lowest BCUT2D eigenvalue weighted by atomic mass is 10.0. The number of aliphatic hydroxyl groups excluding tert-OH is 1. The van der Waals surface area contributed by atoms with Crippen LogP contribution in [0.1, 0.15) is 59.8 Å². The number of nitrogens with zero attached hydrogens (tertiary/aromatic N) is 1. The van der Waals surface area contributed by atoms with Crippen molar-refractivity contribution in [3.63, 3.8) is 0 Å². The number of aliphatic carboxylic acids is 2. The molecule has 0 aromatic rings. The number of hydrogen-bond acceptors (Lipinski definition) is 9. The van der Waals surface area contributed by atoms with Crippen molar-refractivity contribution in [3.05, 3.63) is 0 Å². The predicted octanol–water partition coefficient (Wildman–Crippen LogP) is -3.19. The zero-order valence-corrected chi connectivity index (χ0v) is 24.4. The second-order valence-corrected chi connectivity index (χ2v) is 11.2. The topological polar surface area (TPSA) is 261 Å². The van der Waals surface area contributed by atoms with Crippen molar-refractivity contribution in [1.29, 1.82) is 0 Å². The molecule has 0 bridgehead atoms. The smallest absolute Gasteiger partial charge is 0.305 e. The molecular formula is C26H40N6O11. The van der Waals surface area contributed by atoms with Crippen LogP contribution in [0, 0.1) is 5.92 Å². The summed E-state index contributed by atoms with van der Waals surface area (Å²) >= 11 is 0. The third kappa shape index (κ3) is 9.90. The highest BCUT2D eigenvalue weighted by Crippen LogP contribution is 2.19. The first-order chi connectivity index (χ1) is 20.0. The molecule has 0 spiro atoms. The van der Waals surface area contributed by atoms with Crippen molar-refractivity contribution in [2.45, 2.75) is 102 Å². The van der Waals surface area contributed by atoms with E-state index in [9.17, 15) is 53.7 Å². The molecule has 8 N–H and O–H groups in total. The van der Waals surface area contributed by atoms with Crippen LogP contribution in [-0.4, -0.2) is 117 Å². The predicted molar refractivity (Wildman–Crippen MR) is 146 cm³/mol. The molecule has 0 radical (unpaired) electrons. The normalized spacial score (nSPS) is 28.8. The summed E-state index contributed by atoms with van der Waals surface area (Å²) in [7, 11) is 0. The second kappa shape index (κ2) is 15.3. The van der Waals surface area contributed by atoms with Gasteiger partial charge in [0, 0.05) is 6.54 Å². The lowest BCUT2D eigenvalue weighted by Crippen LogP contribution is -2.62. The first-order valence-electron chi connectivity index (χ1n) is 14.0. The molecule has 0 aromatic heterocycles. The highest BCUT2D eigenvalue weighted by molar-refractivity contribution is 5.99. The fourth-order valence-electron chi connectivity index (χ4n) is 4.86. The molecule has 0 aliphatic carbocycles. The van der Waals surface area contributed by atoms with Crippen molar-refractivity contribution >= 4 is 47.4 Å². The van der Waals surface area contributed by atoms with Gasteiger partial charge in [0.25, 0.3) is 0 Å². The quantitative estimate of drug-likeness (QED) is 0.142. The standard InChI is InChI=1S/C26H40N6O11/c1-11(2)8-14-21(38)29-16(10-19(36)37)23(40)31-20(13(4)33)25(42)27-12(3)26(43)32-7-5-6-17(32)24(41)30-15(9-18(34)35)22(39)28-14/h11-17,20,33H,5-10H2,1-4H3,(H,27,42)(H,28,39)(H,29,38)(H,30,41)(H,31,40)(H,34,35)(H,36,37)/t12-,13+,14-,15-,16-,17+,20-/m0/s1. The van der Waals surface area contributed by atoms with E-state index in [-0.39, 0.29) is 25.3 Å². The van der Waals surface area contributed by atoms with E-state index in [2.05, 4.69) is 26.6 Å². The number of amides is 6. The van der Waals surface area contributed by atoms with Crippen LogP contribution in [0.5, 0.6) is 0 Å². The highest BCUT2D eigenvalue weighted by atomic mass is 16.4. The minimum Gasteiger partial charge on any atom is -0.481 e. The van der Waals surface area contributed by atoms with Gasteiger partial charge in [0.2, 0.25) is 35.4 Å². The van der Waals surface area contributed by atoms with Crippen LogP contribution in [0.3, 0.4) is 0 Å². The van der Waals surface area contributed by atoms with Gasteiger partial charge in [-0.25, -0.2) is 0 Å². The lowest BCUT2D eigenvalue weighted by molar-refractivity contribution is -0.144. The number of fused-ring (bicyclic) bond motifs is 1. The number of hydrogen-bond donors (Lipinski definition) is 8. The van der Waals surface area contributed by atoms with Gasteiger partial charge in [-0.1, -0.05) is 13.8 Å². The Hall–Kier alpha value is -4.28. The molecule has 0 saturated carbocycles. The SMILES string of the molecule is CC(C)C[C@@H]1NC(=O)[C@H](CC(=O)O)NC(=O)[C@H]2CCCN2C(=O)[C@H](C)NC(=O)[C@H]([C@@H](C)O)NC(=O)[C@H](CC(=O)O)NC1=O. The second-order valence-electron chi connectivity index (χ2n) is 11.2. The monoisotopic (exact) mass is 612 g/mol. The van der Waals surface area contributed by atoms with Crippen molar-refractivity contribution in [1.82, 2.24) is 31.5 Å². The highest BCUT2D eigenvalue weighted by Gasteiger charge is 2.40. The maximum atomic E-state index is 13.3. The summed E-state index contributed by atoms with van der Waals surface area (Å²) in [6.07, 6.45) is -2.73. The van der Waals surface area contributed by atoms with Crippen LogP contribution in [0.15, 0.2) is 0 Å². The zero-order valence-electron chi connectivity index (χ0n) is 24.4. The Balaban J connectivity index is 2.56. The molecule has 6 amide bonds. The summed E-state index contributed by atoms with van der Waals surface area (Å²) in [6.45, 7) is 6.03.